The SMILES string of the molecule is CC(C)[C@H](NC(=O)c1ccc([N+](=O)[O-])cc1Cl)C(=O)N1CCCCC1. The molecule has 25 heavy (non-hydrogen) atoms. The number of nitrogens with one attached hydrogen (secondary N) is 1. The summed E-state index contributed by atoms with van der Waals surface area (Å²) in [5.41, 5.74) is -0.0734. The average Bonchev–Trinajstić information content (AvgIpc) is 2.59. The van der Waals surface area contributed by atoms with Gasteiger partial charge in [-0.2, -0.15) is 0 Å². The van der Waals surface area contributed by atoms with Gasteiger partial charge in [-0.15, -0.1) is 0 Å². The van der Waals surface area contributed by atoms with E-state index in [4.69, 9.17) is 11.6 Å². The van der Waals surface area contributed by atoms with Gasteiger partial charge in [0.1, 0.15) is 6.04 Å². The minimum absolute atomic E-state index is 0.0142. The van der Waals surface area contributed by atoms with Crippen LogP contribution in [0, 0.1) is 16.0 Å². The molecule has 1 aromatic carbocycles. The third kappa shape index (κ3) is 4.69. The molecule has 0 unspecified atom stereocenters. The molecule has 0 bridgehead atoms. The summed E-state index contributed by atoms with van der Waals surface area (Å²) in [6.45, 7) is 5.14. The molecule has 1 atom stereocenters. The maximum atomic E-state index is 12.7. The highest BCUT2D eigenvalue weighted by molar-refractivity contribution is 6.34. The van der Waals surface area contributed by atoms with Crippen LogP contribution in [-0.2, 0) is 4.79 Å². The van der Waals surface area contributed by atoms with Crippen molar-refractivity contribution in [1.29, 1.82) is 0 Å². The van der Waals surface area contributed by atoms with Crippen LogP contribution in [0.4, 0.5) is 5.69 Å². The molecule has 1 N–H and O–H groups in total. The molecule has 0 aliphatic carbocycles. The number of halogens is 1. The first-order chi connectivity index (χ1) is 11.8. The Kier molecular flexibility index (Phi) is 6.36. The summed E-state index contributed by atoms with van der Waals surface area (Å²) in [7, 11) is 0. The van der Waals surface area contributed by atoms with Crippen LogP contribution >= 0.6 is 11.6 Å². The van der Waals surface area contributed by atoms with E-state index in [9.17, 15) is 19.7 Å². The fourth-order valence-electron chi connectivity index (χ4n) is 2.85. The largest absolute Gasteiger partial charge is 0.341 e. The molecule has 1 saturated heterocycles. The first-order valence-corrected chi connectivity index (χ1v) is 8.72. The van der Waals surface area contributed by atoms with Crippen LogP contribution in [-0.4, -0.2) is 40.8 Å². The molecular formula is C17H22ClN3O4. The van der Waals surface area contributed by atoms with E-state index in [1.165, 1.54) is 12.1 Å². The number of nitro groups is 1. The number of likely N-dealkylation sites (tertiary alicyclic amines) is 1. The number of hydrogen-bond donors (Lipinski definition) is 1. The van der Waals surface area contributed by atoms with Crippen molar-refractivity contribution >= 4 is 29.1 Å². The summed E-state index contributed by atoms with van der Waals surface area (Å²) >= 11 is 6.00. The van der Waals surface area contributed by atoms with Gasteiger partial charge in [-0.3, -0.25) is 19.7 Å². The van der Waals surface area contributed by atoms with E-state index in [1.807, 2.05) is 13.8 Å². The van der Waals surface area contributed by atoms with Crippen molar-refractivity contribution in [3.05, 3.63) is 38.9 Å². The highest BCUT2D eigenvalue weighted by Gasteiger charge is 2.30. The smallest absolute Gasteiger partial charge is 0.270 e. The number of carbonyl (C=O) groups is 2. The number of nitrogens with zero attached hydrogens (tertiary/aromatic N) is 2. The lowest BCUT2D eigenvalue weighted by molar-refractivity contribution is -0.384. The molecule has 0 saturated carbocycles. The van der Waals surface area contributed by atoms with Crippen LogP contribution in [0.25, 0.3) is 0 Å². The van der Waals surface area contributed by atoms with E-state index in [0.717, 1.165) is 25.3 Å². The van der Waals surface area contributed by atoms with Gasteiger partial charge >= 0.3 is 0 Å². The highest BCUT2D eigenvalue weighted by atomic mass is 35.5. The maximum absolute atomic E-state index is 12.7. The second-order valence-electron chi connectivity index (χ2n) is 6.50. The minimum atomic E-state index is -0.656. The third-order valence-corrected chi connectivity index (χ3v) is 4.61. The number of piperidine rings is 1. The fourth-order valence-corrected chi connectivity index (χ4v) is 3.11. The summed E-state index contributed by atoms with van der Waals surface area (Å²) in [5, 5.41) is 13.5. The van der Waals surface area contributed by atoms with Gasteiger partial charge in [-0.1, -0.05) is 25.4 Å². The van der Waals surface area contributed by atoms with Crippen molar-refractivity contribution < 1.29 is 14.5 Å². The lowest BCUT2D eigenvalue weighted by Crippen LogP contribution is -2.52. The minimum Gasteiger partial charge on any atom is -0.341 e. The topological polar surface area (TPSA) is 92.5 Å². The molecule has 0 aromatic heterocycles. The first-order valence-electron chi connectivity index (χ1n) is 8.35. The lowest BCUT2D eigenvalue weighted by atomic mass is 10.0. The Morgan fingerprint density at radius 3 is 2.40 bits per heavy atom. The van der Waals surface area contributed by atoms with Gasteiger partial charge in [-0.25, -0.2) is 0 Å². The van der Waals surface area contributed by atoms with E-state index >= 15 is 0 Å². The Hall–Kier alpha value is -2.15. The fraction of sp³-hybridized carbons (Fsp3) is 0.529. The zero-order chi connectivity index (χ0) is 18.6. The second-order valence-corrected chi connectivity index (χ2v) is 6.91. The van der Waals surface area contributed by atoms with Gasteiger partial charge < -0.3 is 10.2 Å². The quantitative estimate of drug-likeness (QED) is 0.639. The van der Waals surface area contributed by atoms with Crippen molar-refractivity contribution in [3.63, 3.8) is 0 Å². The van der Waals surface area contributed by atoms with E-state index in [0.29, 0.717) is 13.1 Å². The second kappa shape index (κ2) is 8.29. The molecule has 0 radical (unpaired) electrons. The molecule has 0 spiro atoms. The van der Waals surface area contributed by atoms with Crippen LogP contribution in [0.2, 0.25) is 5.02 Å². The molecule has 1 aliphatic rings. The Bertz CT molecular complexity index is 672. The van der Waals surface area contributed by atoms with Crippen molar-refractivity contribution in [3.8, 4) is 0 Å². The monoisotopic (exact) mass is 367 g/mol. The molecule has 7 nitrogen and oxygen atoms in total. The predicted molar refractivity (Wildman–Crippen MR) is 94.6 cm³/mol. The average molecular weight is 368 g/mol. The molecule has 1 aromatic rings. The Balaban J connectivity index is 2.14. The molecule has 2 amide bonds. The van der Waals surface area contributed by atoms with Crippen LogP contribution < -0.4 is 5.32 Å². The zero-order valence-corrected chi connectivity index (χ0v) is 15.1. The van der Waals surface area contributed by atoms with Crippen molar-refractivity contribution in [2.24, 2.45) is 5.92 Å². The van der Waals surface area contributed by atoms with Crippen LogP contribution in [0.15, 0.2) is 18.2 Å². The standard InChI is InChI=1S/C17H22ClN3O4/c1-11(2)15(17(23)20-8-4-3-5-9-20)19-16(22)13-7-6-12(21(24)25)10-14(13)18/h6-7,10-11,15H,3-5,8-9H2,1-2H3,(H,19,22)/t15-/m0/s1. The molecule has 2 rings (SSSR count). The zero-order valence-electron chi connectivity index (χ0n) is 14.3. The van der Waals surface area contributed by atoms with Crippen molar-refractivity contribution in [2.45, 2.75) is 39.2 Å². The number of carbonyl (C=O) groups excluding carboxylic acids is 2. The van der Waals surface area contributed by atoms with Gasteiger partial charge in [0.2, 0.25) is 5.91 Å². The summed E-state index contributed by atoms with van der Waals surface area (Å²) in [5.74, 6) is -0.694. The number of hydrogen-bond acceptors (Lipinski definition) is 4. The Morgan fingerprint density at radius 1 is 1.24 bits per heavy atom. The maximum Gasteiger partial charge on any atom is 0.270 e. The van der Waals surface area contributed by atoms with E-state index in [1.54, 1.807) is 4.90 Å². The van der Waals surface area contributed by atoms with E-state index in [-0.39, 0.29) is 28.1 Å². The van der Waals surface area contributed by atoms with Crippen molar-refractivity contribution in [1.82, 2.24) is 10.2 Å². The number of nitro benzene ring substituents is 1. The van der Waals surface area contributed by atoms with E-state index < -0.39 is 16.9 Å². The number of amides is 2. The molecular weight excluding hydrogens is 346 g/mol. The summed E-state index contributed by atoms with van der Waals surface area (Å²) in [4.78, 5) is 37.2. The van der Waals surface area contributed by atoms with Crippen LogP contribution in [0.3, 0.4) is 0 Å². The number of benzene rings is 1. The normalized spacial score (nSPS) is 15.8. The van der Waals surface area contributed by atoms with Crippen molar-refractivity contribution in [2.75, 3.05) is 13.1 Å². The van der Waals surface area contributed by atoms with Crippen LogP contribution in [0.5, 0.6) is 0 Å². The Morgan fingerprint density at radius 2 is 1.88 bits per heavy atom. The van der Waals surface area contributed by atoms with Gasteiger partial charge in [-0.05, 0) is 31.2 Å². The molecule has 1 heterocycles. The summed E-state index contributed by atoms with van der Waals surface area (Å²) in [6, 6.07) is 3.00. The summed E-state index contributed by atoms with van der Waals surface area (Å²) in [6.07, 6.45) is 3.05. The highest BCUT2D eigenvalue weighted by Crippen LogP contribution is 2.23. The first kappa shape index (κ1) is 19.2. The van der Waals surface area contributed by atoms with Gasteiger partial charge in [0.25, 0.3) is 11.6 Å². The van der Waals surface area contributed by atoms with Gasteiger partial charge in [0, 0.05) is 25.2 Å². The third-order valence-electron chi connectivity index (χ3n) is 4.30. The molecule has 1 fully saturated rings. The number of rotatable bonds is 5. The lowest BCUT2D eigenvalue weighted by Gasteiger charge is -2.32. The Labute approximate surface area is 151 Å². The summed E-state index contributed by atoms with van der Waals surface area (Å²) < 4.78 is 0. The van der Waals surface area contributed by atoms with Crippen LogP contribution in [0.1, 0.15) is 43.5 Å². The molecule has 1 aliphatic heterocycles. The molecule has 8 heteroatoms. The number of non-ortho nitro benzene ring substituents is 1. The van der Waals surface area contributed by atoms with Gasteiger partial charge in [0.15, 0.2) is 0 Å². The molecule has 136 valence electrons. The van der Waals surface area contributed by atoms with Gasteiger partial charge in [0.05, 0.1) is 15.5 Å². The van der Waals surface area contributed by atoms with E-state index in [2.05, 4.69) is 5.32 Å². The predicted octanol–water partition coefficient (Wildman–Crippen LogP) is 3.02.